The van der Waals surface area contributed by atoms with Crippen molar-refractivity contribution in [1.29, 1.82) is 0 Å². The van der Waals surface area contributed by atoms with Crippen LogP contribution in [-0.2, 0) is 10.0 Å². The maximum atomic E-state index is 12.5. The Hall–Kier alpha value is -2.49. The molecule has 2 rings (SSSR count). The summed E-state index contributed by atoms with van der Waals surface area (Å²) in [6, 6.07) is 10.5. The predicted octanol–water partition coefficient (Wildman–Crippen LogP) is 2.71. The minimum Gasteiger partial charge on any atom is -0.490 e. The Morgan fingerprint density at radius 1 is 1.15 bits per heavy atom. The molecule has 0 aliphatic rings. The zero-order valence-electron chi connectivity index (χ0n) is 15.4. The molecule has 0 saturated heterocycles. The lowest BCUT2D eigenvalue weighted by Crippen LogP contribution is -2.32. The van der Waals surface area contributed by atoms with Crippen molar-refractivity contribution >= 4 is 15.7 Å². The zero-order valence-corrected chi connectivity index (χ0v) is 16.2. The smallest absolute Gasteiger partial charge is 0.310 e. The summed E-state index contributed by atoms with van der Waals surface area (Å²) in [5.41, 5.74) is 7.76. The van der Waals surface area contributed by atoms with Crippen LogP contribution in [0.2, 0.25) is 0 Å². The Morgan fingerprint density at radius 2 is 1.74 bits per heavy atom. The summed E-state index contributed by atoms with van der Waals surface area (Å²) in [7, 11) is -2.65. The fourth-order valence-electron chi connectivity index (χ4n) is 2.50. The second kappa shape index (κ2) is 8.47. The van der Waals surface area contributed by atoms with Gasteiger partial charge in [-0.15, -0.1) is 0 Å². The maximum Gasteiger partial charge on any atom is 0.310 e. The van der Waals surface area contributed by atoms with Gasteiger partial charge in [-0.2, -0.15) is 0 Å². The molecule has 2 aromatic carbocycles. The van der Waals surface area contributed by atoms with Gasteiger partial charge in [-0.05, 0) is 23.1 Å². The molecule has 0 fully saturated rings. The maximum absolute atomic E-state index is 12.5. The van der Waals surface area contributed by atoms with Crippen LogP contribution in [0.5, 0.6) is 5.75 Å². The zero-order chi connectivity index (χ0) is 20.2. The molecule has 0 amide bonds. The van der Waals surface area contributed by atoms with Gasteiger partial charge in [0.25, 0.3) is 0 Å². The van der Waals surface area contributed by atoms with Crippen LogP contribution in [0.25, 0.3) is 0 Å². The van der Waals surface area contributed by atoms with Gasteiger partial charge >= 0.3 is 5.69 Å². The Kier molecular flexibility index (Phi) is 6.53. The van der Waals surface area contributed by atoms with E-state index < -0.39 is 21.0 Å². The fraction of sp³-hybridized carbons (Fsp3) is 0.333. The number of nitro benzene ring substituents is 1. The summed E-state index contributed by atoms with van der Waals surface area (Å²) < 4.78 is 32.3. The first-order valence-electron chi connectivity index (χ1n) is 8.33. The minimum atomic E-state index is -3.89. The molecular weight excluding hydrogens is 370 g/mol. The summed E-state index contributed by atoms with van der Waals surface area (Å²) >= 11 is 0. The van der Waals surface area contributed by atoms with Crippen LogP contribution in [0.15, 0.2) is 47.4 Å². The van der Waals surface area contributed by atoms with E-state index in [-0.39, 0.29) is 22.9 Å². The third-order valence-corrected chi connectivity index (χ3v) is 5.60. The van der Waals surface area contributed by atoms with E-state index >= 15 is 0 Å². The molecule has 0 aliphatic carbocycles. The molecule has 9 heteroatoms. The number of rotatable bonds is 8. The SMILES string of the molecule is COc1cc(S(=O)(=O)NCC(N)c2ccc(C(C)C)cc2)ccc1[N+](=O)[O-]. The molecule has 0 radical (unpaired) electrons. The molecule has 0 aromatic heterocycles. The molecule has 27 heavy (non-hydrogen) atoms. The third-order valence-electron chi connectivity index (χ3n) is 4.18. The van der Waals surface area contributed by atoms with Gasteiger partial charge in [0.15, 0.2) is 5.75 Å². The first-order valence-corrected chi connectivity index (χ1v) is 9.81. The number of nitro groups is 1. The number of benzene rings is 2. The predicted molar refractivity (Wildman–Crippen MR) is 102 cm³/mol. The van der Waals surface area contributed by atoms with Crippen LogP contribution in [0.1, 0.15) is 36.9 Å². The van der Waals surface area contributed by atoms with E-state index in [4.69, 9.17) is 10.5 Å². The van der Waals surface area contributed by atoms with Crippen molar-refractivity contribution in [3.63, 3.8) is 0 Å². The lowest BCUT2D eigenvalue weighted by Gasteiger charge is -2.15. The summed E-state index contributed by atoms with van der Waals surface area (Å²) in [6.07, 6.45) is 0. The number of hydrogen-bond donors (Lipinski definition) is 2. The molecule has 8 nitrogen and oxygen atoms in total. The number of nitrogens with one attached hydrogen (secondary N) is 1. The van der Waals surface area contributed by atoms with Crippen molar-refractivity contribution in [1.82, 2.24) is 4.72 Å². The highest BCUT2D eigenvalue weighted by Gasteiger charge is 2.22. The van der Waals surface area contributed by atoms with E-state index in [0.717, 1.165) is 23.8 Å². The number of sulfonamides is 1. The second-order valence-electron chi connectivity index (χ2n) is 6.37. The monoisotopic (exact) mass is 393 g/mol. The normalized spacial score (nSPS) is 12.8. The number of hydrogen-bond acceptors (Lipinski definition) is 6. The second-order valence-corrected chi connectivity index (χ2v) is 8.14. The van der Waals surface area contributed by atoms with E-state index in [0.29, 0.717) is 5.92 Å². The van der Waals surface area contributed by atoms with Crippen molar-refractivity contribution in [3.05, 3.63) is 63.7 Å². The average molecular weight is 393 g/mol. The van der Waals surface area contributed by atoms with Crippen LogP contribution >= 0.6 is 0 Å². The number of methoxy groups -OCH3 is 1. The standard InChI is InChI=1S/C18H23N3O5S/c1-12(2)13-4-6-14(7-5-13)16(19)11-20-27(24,25)15-8-9-17(21(22)23)18(10-15)26-3/h4-10,12,16,20H,11,19H2,1-3H3. The van der Waals surface area contributed by atoms with Gasteiger partial charge in [-0.3, -0.25) is 10.1 Å². The highest BCUT2D eigenvalue weighted by Crippen LogP contribution is 2.29. The van der Waals surface area contributed by atoms with E-state index in [1.165, 1.54) is 12.7 Å². The number of nitrogens with two attached hydrogens (primary N) is 1. The Bertz CT molecular complexity index is 911. The molecule has 146 valence electrons. The average Bonchev–Trinajstić information content (AvgIpc) is 2.65. The lowest BCUT2D eigenvalue weighted by molar-refractivity contribution is -0.385. The number of ether oxygens (including phenoxy) is 1. The molecule has 1 unspecified atom stereocenters. The summed E-state index contributed by atoms with van der Waals surface area (Å²) in [5.74, 6) is 0.266. The summed E-state index contributed by atoms with van der Waals surface area (Å²) in [4.78, 5) is 10.2. The molecule has 2 aromatic rings. The highest BCUT2D eigenvalue weighted by atomic mass is 32.2. The largest absolute Gasteiger partial charge is 0.490 e. The van der Waals surface area contributed by atoms with Crippen molar-refractivity contribution < 1.29 is 18.1 Å². The van der Waals surface area contributed by atoms with E-state index in [9.17, 15) is 18.5 Å². The Labute approximate surface area is 158 Å². The van der Waals surface area contributed by atoms with Crippen molar-refractivity contribution in [2.24, 2.45) is 5.73 Å². The molecule has 0 heterocycles. The minimum absolute atomic E-state index is 0.0112. The van der Waals surface area contributed by atoms with Crippen LogP contribution in [0.3, 0.4) is 0 Å². The van der Waals surface area contributed by atoms with Crippen LogP contribution in [-0.4, -0.2) is 27.0 Å². The number of nitrogens with zero attached hydrogens (tertiary/aromatic N) is 1. The molecular formula is C18H23N3O5S. The van der Waals surface area contributed by atoms with Gasteiger partial charge < -0.3 is 10.5 Å². The van der Waals surface area contributed by atoms with Crippen molar-refractivity contribution in [3.8, 4) is 5.75 Å². The Balaban J connectivity index is 2.13. The van der Waals surface area contributed by atoms with Crippen LogP contribution in [0, 0.1) is 10.1 Å². The molecule has 3 N–H and O–H groups in total. The molecule has 0 spiro atoms. The quantitative estimate of drug-likeness (QED) is 0.525. The molecule has 0 bridgehead atoms. The lowest BCUT2D eigenvalue weighted by atomic mass is 9.99. The van der Waals surface area contributed by atoms with E-state index in [1.54, 1.807) is 0 Å². The van der Waals surface area contributed by atoms with Crippen molar-refractivity contribution in [2.45, 2.75) is 30.7 Å². The first kappa shape index (κ1) is 20.8. The van der Waals surface area contributed by atoms with Gasteiger partial charge in [-0.25, -0.2) is 13.1 Å². The fourth-order valence-corrected chi connectivity index (χ4v) is 3.58. The van der Waals surface area contributed by atoms with Gasteiger partial charge in [-0.1, -0.05) is 38.1 Å². The van der Waals surface area contributed by atoms with Crippen molar-refractivity contribution in [2.75, 3.05) is 13.7 Å². The van der Waals surface area contributed by atoms with Gasteiger partial charge in [0.2, 0.25) is 10.0 Å². The van der Waals surface area contributed by atoms with Crippen LogP contribution in [0.4, 0.5) is 5.69 Å². The van der Waals surface area contributed by atoms with E-state index in [2.05, 4.69) is 18.6 Å². The van der Waals surface area contributed by atoms with Crippen LogP contribution < -0.4 is 15.2 Å². The summed E-state index contributed by atoms with van der Waals surface area (Å²) in [6.45, 7) is 4.16. The molecule has 1 atom stereocenters. The third kappa shape index (κ3) is 5.03. The van der Waals surface area contributed by atoms with E-state index in [1.807, 2.05) is 24.3 Å². The first-order chi connectivity index (χ1) is 12.7. The summed E-state index contributed by atoms with van der Waals surface area (Å²) in [5, 5.41) is 10.9. The highest BCUT2D eigenvalue weighted by molar-refractivity contribution is 7.89. The Morgan fingerprint density at radius 3 is 2.26 bits per heavy atom. The van der Waals surface area contributed by atoms with Gasteiger partial charge in [0, 0.05) is 24.7 Å². The molecule has 0 aliphatic heterocycles. The molecule has 0 saturated carbocycles. The topological polar surface area (TPSA) is 125 Å². The van der Waals surface area contributed by atoms with Gasteiger partial charge in [0.05, 0.1) is 16.9 Å². The van der Waals surface area contributed by atoms with Gasteiger partial charge in [0.1, 0.15) is 0 Å².